The van der Waals surface area contributed by atoms with Gasteiger partial charge in [-0.05, 0) is 54.9 Å². The predicted molar refractivity (Wildman–Crippen MR) is 141 cm³/mol. The highest BCUT2D eigenvalue weighted by atomic mass is 35.5. The normalized spacial score (nSPS) is 20.8. The highest BCUT2D eigenvalue weighted by Crippen LogP contribution is 2.30. The van der Waals surface area contributed by atoms with Crippen molar-refractivity contribution in [3.05, 3.63) is 53.9 Å². The van der Waals surface area contributed by atoms with Crippen LogP contribution in [-0.4, -0.2) is 70.6 Å². The number of hydrogen-bond donors (Lipinski definition) is 3. The van der Waals surface area contributed by atoms with Crippen LogP contribution in [0.1, 0.15) is 23.8 Å². The number of methoxy groups -OCH3 is 1. The van der Waals surface area contributed by atoms with Crippen LogP contribution in [-0.2, 0) is 11.3 Å². The molecule has 0 bridgehead atoms. The molecule has 36 heavy (non-hydrogen) atoms. The number of fused-ring (bicyclic) bond motifs is 2. The first-order valence-electron chi connectivity index (χ1n) is 11.6. The molecular formula is C25H29ClFN5O3S. The first kappa shape index (κ1) is 26.6. The lowest BCUT2D eigenvalue weighted by Gasteiger charge is -2.36. The molecule has 1 aromatic carbocycles. The van der Waals surface area contributed by atoms with E-state index in [2.05, 4.69) is 20.6 Å². The second kappa shape index (κ2) is 11.7. The molecular weight excluding hydrogens is 505 g/mol. The number of halogens is 2. The van der Waals surface area contributed by atoms with E-state index < -0.39 is 12.3 Å². The third-order valence-corrected chi connectivity index (χ3v) is 7.52. The summed E-state index contributed by atoms with van der Waals surface area (Å²) in [5, 5.41) is 17.9. The Morgan fingerprint density at radius 2 is 2.19 bits per heavy atom. The predicted octanol–water partition coefficient (Wildman–Crippen LogP) is 3.34. The lowest BCUT2D eigenvalue weighted by atomic mass is 10.00. The first-order chi connectivity index (χ1) is 17.0. The van der Waals surface area contributed by atoms with Crippen molar-refractivity contribution in [1.82, 2.24) is 20.2 Å². The van der Waals surface area contributed by atoms with Gasteiger partial charge in [-0.1, -0.05) is 0 Å². The number of nitrogens with one attached hydrogen (secondary N) is 2. The van der Waals surface area contributed by atoms with E-state index in [4.69, 9.17) is 4.74 Å². The fraction of sp³-hybridized carbons (Fsp3) is 0.400. The molecule has 3 N–H and O–H groups in total. The summed E-state index contributed by atoms with van der Waals surface area (Å²) in [7, 11) is 1.60. The average Bonchev–Trinajstić information content (AvgIpc) is 2.87. The van der Waals surface area contributed by atoms with Crippen LogP contribution >= 0.6 is 24.2 Å². The number of rotatable bonds is 7. The minimum atomic E-state index is -1.07. The molecule has 2 aromatic heterocycles. The Bertz CT molecular complexity index is 1240. The Hall–Kier alpha value is -2.50. The molecule has 2 aliphatic heterocycles. The Morgan fingerprint density at radius 3 is 3.00 bits per heavy atom. The number of aliphatic hydroxyl groups excluding tert-OH is 1. The van der Waals surface area contributed by atoms with Crippen LogP contribution in [0.4, 0.5) is 10.2 Å². The van der Waals surface area contributed by atoms with Crippen LogP contribution in [0.5, 0.6) is 5.75 Å². The van der Waals surface area contributed by atoms with Crippen LogP contribution < -0.4 is 15.4 Å². The second-order valence-electron chi connectivity index (χ2n) is 8.84. The largest absolute Gasteiger partial charge is 0.497 e. The highest BCUT2D eigenvalue weighted by Gasteiger charge is 2.30. The van der Waals surface area contributed by atoms with Gasteiger partial charge in [0, 0.05) is 37.3 Å². The van der Waals surface area contributed by atoms with E-state index in [0.29, 0.717) is 43.4 Å². The summed E-state index contributed by atoms with van der Waals surface area (Å²) in [6, 6.07) is 10.9. The standard InChI is InChI=1S/C25H28FN5O3S.ClH/c1-34-16-3-4-20-18(10-16)17(6-8-27-20)22(32)13-31-9-7-21(19(26)12-31)28-11-15-2-5-23-25(29-15)30-24(33)14-35-23;/h2-6,8,10,19,21-22,28,32H,7,9,11-14H2,1H3,(H,29,30,33);1H/t19-,21+,22+;/m1./s1. The number of aromatic nitrogens is 2. The van der Waals surface area contributed by atoms with Gasteiger partial charge in [0.25, 0.3) is 0 Å². The van der Waals surface area contributed by atoms with Gasteiger partial charge in [-0.3, -0.25) is 14.7 Å². The number of pyridine rings is 2. The number of aliphatic hydroxyl groups is 1. The lowest BCUT2D eigenvalue weighted by Crippen LogP contribution is -2.51. The molecule has 5 rings (SSSR count). The molecule has 0 spiro atoms. The number of carbonyl (C=O) groups is 1. The number of anilines is 1. The van der Waals surface area contributed by atoms with Gasteiger partial charge >= 0.3 is 0 Å². The Morgan fingerprint density at radius 1 is 1.33 bits per heavy atom. The van der Waals surface area contributed by atoms with Crippen molar-refractivity contribution in [2.24, 2.45) is 0 Å². The summed E-state index contributed by atoms with van der Waals surface area (Å²) in [4.78, 5) is 23.4. The molecule has 0 aliphatic carbocycles. The Labute approximate surface area is 219 Å². The van der Waals surface area contributed by atoms with Crippen molar-refractivity contribution >= 4 is 46.8 Å². The number of benzene rings is 1. The van der Waals surface area contributed by atoms with Crippen LogP contribution in [0.15, 0.2) is 47.5 Å². The molecule has 4 heterocycles. The molecule has 3 atom stereocenters. The van der Waals surface area contributed by atoms with Gasteiger partial charge in [-0.2, -0.15) is 0 Å². The summed E-state index contributed by atoms with van der Waals surface area (Å²) >= 11 is 1.47. The Balaban J connectivity index is 0.00000304. The molecule has 2 aliphatic rings. The summed E-state index contributed by atoms with van der Waals surface area (Å²) < 4.78 is 20.4. The second-order valence-corrected chi connectivity index (χ2v) is 9.85. The van der Waals surface area contributed by atoms with Crippen molar-refractivity contribution in [2.75, 3.05) is 37.8 Å². The number of hydrogen-bond acceptors (Lipinski definition) is 8. The van der Waals surface area contributed by atoms with E-state index in [1.54, 1.807) is 19.4 Å². The third-order valence-electron chi connectivity index (χ3n) is 6.48. The SMILES string of the molecule is COc1ccc2nccc([C@@H](O)CN3CC[C@H](NCc4ccc5c(n4)NC(=O)CS5)[C@H](F)C3)c2c1.Cl. The Kier molecular flexibility index (Phi) is 8.63. The van der Waals surface area contributed by atoms with E-state index in [1.807, 2.05) is 35.2 Å². The van der Waals surface area contributed by atoms with Gasteiger partial charge in [0.05, 0.1) is 35.1 Å². The summed E-state index contributed by atoms with van der Waals surface area (Å²) in [5.74, 6) is 1.61. The van der Waals surface area contributed by atoms with Gasteiger partial charge in [-0.25, -0.2) is 9.37 Å². The van der Waals surface area contributed by atoms with Crippen LogP contribution in [0.3, 0.4) is 0 Å². The fourth-order valence-electron chi connectivity index (χ4n) is 4.61. The van der Waals surface area contributed by atoms with Crippen molar-refractivity contribution in [3.8, 4) is 5.75 Å². The van der Waals surface area contributed by atoms with Crippen LogP contribution in [0.25, 0.3) is 10.9 Å². The van der Waals surface area contributed by atoms with Gasteiger partial charge in [-0.15, -0.1) is 24.2 Å². The summed E-state index contributed by atoms with van der Waals surface area (Å²) in [6.45, 7) is 1.68. The number of carbonyl (C=O) groups excluding carboxylic acids is 1. The van der Waals surface area contributed by atoms with E-state index >= 15 is 4.39 Å². The average molecular weight is 534 g/mol. The van der Waals surface area contributed by atoms with Gasteiger partial charge in [0.2, 0.25) is 5.91 Å². The third kappa shape index (κ3) is 5.90. The zero-order chi connectivity index (χ0) is 24.4. The minimum absolute atomic E-state index is 0. The maximum Gasteiger partial charge on any atom is 0.235 e. The number of likely N-dealkylation sites (tertiary alicyclic amines) is 1. The van der Waals surface area contributed by atoms with Crippen molar-refractivity contribution in [3.63, 3.8) is 0 Å². The number of β-amino-alcohol motifs (C(OH)–C–C–N with tert-alkyl or cyclic N) is 1. The molecule has 3 aromatic rings. The smallest absolute Gasteiger partial charge is 0.235 e. The summed E-state index contributed by atoms with van der Waals surface area (Å²) in [6.07, 6.45) is 0.464. The van der Waals surface area contributed by atoms with Gasteiger partial charge < -0.3 is 20.5 Å². The molecule has 0 saturated carbocycles. The molecule has 1 saturated heterocycles. The van der Waals surface area contributed by atoms with Crippen molar-refractivity contribution in [2.45, 2.75) is 36.2 Å². The zero-order valence-corrected chi connectivity index (χ0v) is 21.4. The number of amides is 1. The lowest BCUT2D eigenvalue weighted by molar-refractivity contribution is -0.113. The monoisotopic (exact) mass is 533 g/mol. The number of alkyl halides is 1. The molecule has 192 valence electrons. The number of ether oxygens (including phenoxy) is 1. The molecule has 11 heteroatoms. The maximum atomic E-state index is 15.0. The maximum absolute atomic E-state index is 15.0. The zero-order valence-electron chi connectivity index (χ0n) is 19.8. The van der Waals surface area contributed by atoms with E-state index in [9.17, 15) is 9.90 Å². The highest BCUT2D eigenvalue weighted by molar-refractivity contribution is 8.00. The van der Waals surface area contributed by atoms with E-state index in [1.165, 1.54) is 11.8 Å². The quantitative estimate of drug-likeness (QED) is 0.425. The number of nitrogens with zero attached hydrogens (tertiary/aromatic N) is 3. The van der Waals surface area contributed by atoms with E-state index in [0.717, 1.165) is 27.1 Å². The molecule has 0 radical (unpaired) electrons. The number of piperidine rings is 1. The fourth-order valence-corrected chi connectivity index (χ4v) is 5.37. The van der Waals surface area contributed by atoms with Gasteiger partial charge in [0.15, 0.2) is 0 Å². The first-order valence-corrected chi connectivity index (χ1v) is 12.6. The van der Waals surface area contributed by atoms with Crippen LogP contribution in [0.2, 0.25) is 0 Å². The van der Waals surface area contributed by atoms with E-state index in [-0.39, 0.29) is 30.9 Å². The minimum Gasteiger partial charge on any atom is -0.497 e. The molecule has 1 amide bonds. The molecule has 8 nitrogen and oxygen atoms in total. The van der Waals surface area contributed by atoms with Crippen molar-refractivity contribution < 1.29 is 19.0 Å². The molecule has 1 fully saturated rings. The molecule has 0 unspecified atom stereocenters. The van der Waals surface area contributed by atoms with Gasteiger partial charge in [0.1, 0.15) is 17.7 Å². The summed E-state index contributed by atoms with van der Waals surface area (Å²) in [5.41, 5.74) is 2.30. The van der Waals surface area contributed by atoms with Crippen LogP contribution in [0, 0.1) is 0 Å². The number of thioether (sulfide) groups is 1. The van der Waals surface area contributed by atoms with Crippen molar-refractivity contribution in [1.29, 1.82) is 0 Å². The topological polar surface area (TPSA) is 99.6 Å².